The van der Waals surface area contributed by atoms with Crippen LogP contribution in [-0.4, -0.2) is 88.8 Å². The fourth-order valence-electron chi connectivity index (χ4n) is 6.99. The third-order valence-corrected chi connectivity index (χ3v) is 9.46. The smallest absolute Gasteiger partial charge is 0.229 e. The lowest BCUT2D eigenvalue weighted by atomic mass is 9.86. The first-order valence-corrected chi connectivity index (χ1v) is 15.2. The highest BCUT2D eigenvalue weighted by molar-refractivity contribution is 5.79. The second kappa shape index (κ2) is 11.6. The Morgan fingerprint density at radius 3 is 2.49 bits per heavy atom. The molecule has 1 unspecified atom stereocenters. The molecule has 0 amide bonds. The number of morpholine rings is 1. The summed E-state index contributed by atoms with van der Waals surface area (Å²) in [6, 6.07) is 11.0. The molecule has 0 saturated carbocycles. The molecule has 7 rings (SSSR count). The number of nitrogens with one attached hydrogen (secondary N) is 1. The third kappa shape index (κ3) is 5.89. The van der Waals surface area contributed by atoms with Crippen LogP contribution >= 0.6 is 0 Å². The number of likely N-dealkylation sites (tertiary alicyclic amines) is 2. The monoisotopic (exact) mass is 587 g/mol. The van der Waals surface area contributed by atoms with E-state index in [9.17, 15) is 0 Å². The fourth-order valence-corrected chi connectivity index (χ4v) is 6.99. The molecule has 3 saturated heterocycles. The van der Waals surface area contributed by atoms with Gasteiger partial charge in [-0.05, 0) is 86.8 Å². The van der Waals surface area contributed by atoms with Crippen molar-refractivity contribution in [2.24, 2.45) is 5.41 Å². The molecule has 0 aliphatic carbocycles. The van der Waals surface area contributed by atoms with Crippen molar-refractivity contribution in [1.82, 2.24) is 29.2 Å². The molecule has 1 N–H and O–H groups in total. The van der Waals surface area contributed by atoms with Crippen molar-refractivity contribution < 1.29 is 13.5 Å². The predicted octanol–water partition coefficient (Wildman–Crippen LogP) is 5.11. The Morgan fingerprint density at radius 2 is 1.72 bits per heavy atom. The summed E-state index contributed by atoms with van der Waals surface area (Å²) in [4.78, 5) is 16.3. The molecule has 2 aromatic carbocycles. The van der Waals surface area contributed by atoms with Crippen LogP contribution in [0.4, 0.5) is 20.4 Å². The lowest BCUT2D eigenvalue weighted by molar-refractivity contribution is 0.0332. The third-order valence-electron chi connectivity index (χ3n) is 9.46. The summed E-state index contributed by atoms with van der Waals surface area (Å²) >= 11 is 0. The minimum atomic E-state index is -0.563. The second-order valence-corrected chi connectivity index (χ2v) is 12.6. The maximum atomic E-state index is 15.2. The van der Waals surface area contributed by atoms with Gasteiger partial charge in [0, 0.05) is 68.3 Å². The molecule has 3 aliphatic rings. The van der Waals surface area contributed by atoms with E-state index in [0.29, 0.717) is 49.0 Å². The van der Waals surface area contributed by atoms with E-state index in [1.54, 1.807) is 17.0 Å². The fraction of sp³-hybridized carbons (Fsp3) is 0.455. The number of hydrogen-bond acceptors (Lipinski definition) is 7. The number of nitrogens with zero attached hydrogens (tertiary/aromatic N) is 6. The van der Waals surface area contributed by atoms with Gasteiger partial charge in [-0.1, -0.05) is 6.07 Å². The standard InChI is InChI=1S/C33H39F2N7O/c1-23-3-4-26(15-25(23)19-41-10-7-33(22-41)6-9-39(2)21-33)37-32-36-18-24-5-8-42(31(24)38-32)27-16-29(34)28(30(35)17-27)20-40-11-13-43-14-12-40/h3-5,8,15-18H,6-7,9-14,19-22H2,1-2H3,(H,36,37,38). The van der Waals surface area contributed by atoms with Crippen molar-refractivity contribution in [1.29, 1.82) is 0 Å². The molecule has 5 heterocycles. The summed E-state index contributed by atoms with van der Waals surface area (Å²) in [6.45, 7) is 10.5. The Hall–Kier alpha value is -3.44. The van der Waals surface area contributed by atoms with Crippen LogP contribution in [0.3, 0.4) is 0 Å². The van der Waals surface area contributed by atoms with Gasteiger partial charge in [-0.3, -0.25) is 9.80 Å². The highest BCUT2D eigenvalue weighted by atomic mass is 19.1. The van der Waals surface area contributed by atoms with E-state index in [2.05, 4.69) is 46.2 Å². The van der Waals surface area contributed by atoms with Crippen LogP contribution in [0.25, 0.3) is 16.7 Å². The van der Waals surface area contributed by atoms with Gasteiger partial charge in [0.05, 0.1) is 18.9 Å². The molecule has 4 aromatic rings. The quantitative estimate of drug-likeness (QED) is 0.323. The average Bonchev–Trinajstić information content (AvgIpc) is 3.71. The van der Waals surface area contributed by atoms with Crippen LogP contribution in [0.1, 0.15) is 29.5 Å². The first-order chi connectivity index (χ1) is 20.8. The molecular weight excluding hydrogens is 548 g/mol. The van der Waals surface area contributed by atoms with Gasteiger partial charge in [-0.15, -0.1) is 0 Å². The van der Waals surface area contributed by atoms with Gasteiger partial charge in [0.25, 0.3) is 0 Å². The van der Waals surface area contributed by atoms with E-state index < -0.39 is 11.6 Å². The van der Waals surface area contributed by atoms with Gasteiger partial charge in [0.15, 0.2) is 0 Å². The largest absolute Gasteiger partial charge is 0.379 e. The molecule has 43 heavy (non-hydrogen) atoms. The van der Waals surface area contributed by atoms with E-state index in [1.165, 1.54) is 49.2 Å². The Bertz CT molecular complexity index is 1610. The van der Waals surface area contributed by atoms with Gasteiger partial charge >= 0.3 is 0 Å². The van der Waals surface area contributed by atoms with Crippen molar-refractivity contribution >= 4 is 22.7 Å². The molecule has 226 valence electrons. The lowest BCUT2D eigenvalue weighted by Crippen LogP contribution is -2.36. The van der Waals surface area contributed by atoms with Crippen molar-refractivity contribution in [2.45, 2.75) is 32.9 Å². The van der Waals surface area contributed by atoms with Gasteiger partial charge in [-0.2, -0.15) is 4.98 Å². The summed E-state index contributed by atoms with van der Waals surface area (Å²) in [7, 11) is 2.23. The van der Waals surface area contributed by atoms with E-state index in [0.717, 1.165) is 30.7 Å². The molecule has 10 heteroatoms. The summed E-state index contributed by atoms with van der Waals surface area (Å²) in [5.41, 5.74) is 4.96. The minimum absolute atomic E-state index is 0.0777. The number of hydrogen-bond donors (Lipinski definition) is 1. The zero-order valence-corrected chi connectivity index (χ0v) is 25.0. The van der Waals surface area contributed by atoms with Crippen LogP contribution in [0.15, 0.2) is 48.8 Å². The Labute approximate surface area is 251 Å². The number of ether oxygens (including phenoxy) is 1. The van der Waals surface area contributed by atoms with Crippen LogP contribution in [0.2, 0.25) is 0 Å². The number of rotatable bonds is 7. The van der Waals surface area contributed by atoms with E-state index >= 15 is 8.78 Å². The van der Waals surface area contributed by atoms with E-state index in [-0.39, 0.29) is 12.1 Å². The van der Waals surface area contributed by atoms with Crippen LogP contribution in [0.5, 0.6) is 0 Å². The summed E-state index contributed by atoms with van der Waals surface area (Å²) < 4.78 is 37.4. The lowest BCUT2D eigenvalue weighted by Gasteiger charge is -2.27. The zero-order valence-electron chi connectivity index (χ0n) is 25.0. The number of anilines is 2. The van der Waals surface area contributed by atoms with Crippen LogP contribution in [-0.2, 0) is 17.8 Å². The maximum Gasteiger partial charge on any atom is 0.229 e. The number of halogens is 2. The normalized spacial score (nSPS) is 21.9. The summed E-state index contributed by atoms with van der Waals surface area (Å²) in [6.07, 6.45) is 6.07. The number of aromatic nitrogens is 3. The van der Waals surface area contributed by atoms with Crippen molar-refractivity contribution in [3.05, 3.63) is 77.1 Å². The van der Waals surface area contributed by atoms with Crippen molar-refractivity contribution in [2.75, 3.05) is 64.8 Å². The van der Waals surface area contributed by atoms with E-state index in [1.807, 2.05) is 17.0 Å². The van der Waals surface area contributed by atoms with Crippen LogP contribution in [0, 0.1) is 24.0 Å². The predicted molar refractivity (Wildman–Crippen MR) is 164 cm³/mol. The number of fused-ring (bicyclic) bond motifs is 1. The Morgan fingerprint density at radius 1 is 0.930 bits per heavy atom. The van der Waals surface area contributed by atoms with Gasteiger partial charge in [0.1, 0.15) is 17.3 Å². The van der Waals surface area contributed by atoms with Crippen molar-refractivity contribution in [3.63, 3.8) is 0 Å². The van der Waals surface area contributed by atoms with Crippen LogP contribution < -0.4 is 5.32 Å². The Kier molecular flexibility index (Phi) is 7.63. The van der Waals surface area contributed by atoms with E-state index in [4.69, 9.17) is 9.72 Å². The topological polar surface area (TPSA) is 61.7 Å². The molecule has 8 nitrogen and oxygen atoms in total. The average molecular weight is 588 g/mol. The number of benzene rings is 2. The molecule has 1 spiro atoms. The highest BCUT2D eigenvalue weighted by Gasteiger charge is 2.42. The Balaban J connectivity index is 1.09. The SMILES string of the molecule is Cc1ccc(Nc2ncc3ccn(-c4cc(F)c(CN5CCOCC5)c(F)c4)c3n2)cc1CN1CCC2(CCN(C)C2)C1. The minimum Gasteiger partial charge on any atom is -0.379 e. The number of aryl methyl sites for hydroxylation is 1. The molecule has 2 aromatic heterocycles. The molecule has 1 atom stereocenters. The van der Waals surface area contributed by atoms with Gasteiger partial charge in [-0.25, -0.2) is 13.8 Å². The maximum absolute atomic E-state index is 15.2. The first kappa shape index (κ1) is 28.3. The summed E-state index contributed by atoms with van der Waals surface area (Å²) in [5.74, 6) is -0.695. The zero-order chi connectivity index (χ0) is 29.6. The summed E-state index contributed by atoms with van der Waals surface area (Å²) in [5, 5.41) is 4.15. The first-order valence-electron chi connectivity index (χ1n) is 15.2. The highest BCUT2D eigenvalue weighted by Crippen LogP contribution is 2.39. The molecular formula is C33H39F2N7O. The van der Waals surface area contributed by atoms with Gasteiger partial charge < -0.3 is 19.5 Å². The van der Waals surface area contributed by atoms with Crippen molar-refractivity contribution in [3.8, 4) is 5.69 Å². The molecule has 3 aliphatic heterocycles. The molecule has 3 fully saturated rings. The molecule has 0 radical (unpaired) electrons. The second-order valence-electron chi connectivity index (χ2n) is 12.6. The molecule has 0 bridgehead atoms. The van der Waals surface area contributed by atoms with Gasteiger partial charge in [0.2, 0.25) is 5.95 Å².